The number of carbonyl (C=O) groups is 1. The van der Waals surface area contributed by atoms with Gasteiger partial charge >= 0.3 is 0 Å². The molecule has 0 spiro atoms. The minimum atomic E-state index is -0.190. The van der Waals surface area contributed by atoms with Crippen molar-refractivity contribution < 1.29 is 14.3 Å². The molecule has 0 aromatic heterocycles. The zero-order valence-electron chi connectivity index (χ0n) is 13.6. The van der Waals surface area contributed by atoms with E-state index in [1.165, 1.54) is 0 Å². The summed E-state index contributed by atoms with van der Waals surface area (Å²) in [5, 5.41) is 2.94. The topological polar surface area (TPSA) is 47.6 Å². The summed E-state index contributed by atoms with van der Waals surface area (Å²) in [6.45, 7) is 5.90. The third kappa shape index (κ3) is 3.06. The molecular formula is C18H21NO3. The predicted octanol–water partition coefficient (Wildman–Crippen LogP) is 3.88. The van der Waals surface area contributed by atoms with E-state index < -0.39 is 0 Å². The zero-order chi connectivity index (χ0) is 16.3. The van der Waals surface area contributed by atoms with E-state index in [1.54, 1.807) is 26.4 Å². The van der Waals surface area contributed by atoms with Gasteiger partial charge in [0.1, 0.15) is 11.5 Å². The third-order valence-electron chi connectivity index (χ3n) is 3.87. The van der Waals surface area contributed by atoms with Crippen molar-refractivity contribution in [2.45, 2.75) is 20.8 Å². The fraction of sp³-hybridized carbons (Fsp3) is 0.278. The maximum absolute atomic E-state index is 12.5. The van der Waals surface area contributed by atoms with Crippen LogP contribution in [0.4, 0.5) is 5.69 Å². The van der Waals surface area contributed by atoms with E-state index in [4.69, 9.17) is 9.47 Å². The lowest BCUT2D eigenvalue weighted by atomic mass is 10.1. The Balaban J connectivity index is 2.35. The van der Waals surface area contributed by atoms with Crippen molar-refractivity contribution in [1.29, 1.82) is 0 Å². The summed E-state index contributed by atoms with van der Waals surface area (Å²) in [7, 11) is 3.16. The Kier molecular flexibility index (Phi) is 4.71. The van der Waals surface area contributed by atoms with E-state index in [-0.39, 0.29) is 5.91 Å². The lowest BCUT2D eigenvalue weighted by molar-refractivity contribution is 0.102. The van der Waals surface area contributed by atoms with Gasteiger partial charge in [0, 0.05) is 16.8 Å². The first kappa shape index (κ1) is 15.9. The largest absolute Gasteiger partial charge is 0.496 e. The molecule has 0 aliphatic carbocycles. The average molecular weight is 299 g/mol. The molecule has 0 saturated heterocycles. The van der Waals surface area contributed by atoms with Crippen LogP contribution >= 0.6 is 0 Å². The molecule has 0 heterocycles. The molecule has 1 amide bonds. The highest BCUT2D eigenvalue weighted by molar-refractivity contribution is 6.05. The van der Waals surface area contributed by atoms with E-state index in [2.05, 4.69) is 5.32 Å². The second kappa shape index (κ2) is 6.52. The van der Waals surface area contributed by atoms with Crippen LogP contribution in [-0.4, -0.2) is 20.1 Å². The molecule has 2 rings (SSSR count). The molecule has 2 aromatic carbocycles. The van der Waals surface area contributed by atoms with Gasteiger partial charge in [-0.05, 0) is 50.1 Å². The molecule has 4 heteroatoms. The Bertz CT molecular complexity index is 682. The highest BCUT2D eigenvalue weighted by Gasteiger charge is 2.14. The van der Waals surface area contributed by atoms with Crippen molar-refractivity contribution in [2.75, 3.05) is 19.5 Å². The Morgan fingerprint density at radius 3 is 2.09 bits per heavy atom. The van der Waals surface area contributed by atoms with Crippen LogP contribution < -0.4 is 14.8 Å². The van der Waals surface area contributed by atoms with Gasteiger partial charge in [0.25, 0.3) is 5.91 Å². The van der Waals surface area contributed by atoms with Crippen LogP contribution in [0, 0.1) is 20.8 Å². The number of nitrogens with one attached hydrogen (secondary N) is 1. The minimum Gasteiger partial charge on any atom is -0.496 e. The molecule has 0 radical (unpaired) electrons. The predicted molar refractivity (Wildman–Crippen MR) is 88.2 cm³/mol. The molecule has 0 fully saturated rings. The second-order valence-corrected chi connectivity index (χ2v) is 5.21. The molecule has 0 aliphatic heterocycles. The second-order valence-electron chi connectivity index (χ2n) is 5.21. The van der Waals surface area contributed by atoms with E-state index in [0.29, 0.717) is 17.1 Å². The first-order valence-corrected chi connectivity index (χ1v) is 7.08. The van der Waals surface area contributed by atoms with Crippen LogP contribution in [0.1, 0.15) is 27.0 Å². The van der Waals surface area contributed by atoms with Gasteiger partial charge < -0.3 is 14.8 Å². The quantitative estimate of drug-likeness (QED) is 0.932. The highest BCUT2D eigenvalue weighted by atomic mass is 16.5. The van der Waals surface area contributed by atoms with Gasteiger partial charge in [-0.25, -0.2) is 0 Å². The van der Waals surface area contributed by atoms with Crippen LogP contribution in [0.2, 0.25) is 0 Å². The Labute approximate surface area is 131 Å². The molecule has 116 valence electrons. The smallest absolute Gasteiger partial charge is 0.255 e. The monoisotopic (exact) mass is 299 g/mol. The van der Waals surface area contributed by atoms with Crippen molar-refractivity contribution in [3.63, 3.8) is 0 Å². The maximum Gasteiger partial charge on any atom is 0.255 e. The molecule has 0 bridgehead atoms. The van der Waals surface area contributed by atoms with Crippen LogP contribution in [0.25, 0.3) is 0 Å². The Hall–Kier alpha value is -2.49. The number of aryl methyl sites for hydroxylation is 1. The number of hydrogen-bond acceptors (Lipinski definition) is 3. The van der Waals surface area contributed by atoms with Gasteiger partial charge in [-0.1, -0.05) is 12.1 Å². The van der Waals surface area contributed by atoms with Gasteiger partial charge in [-0.3, -0.25) is 4.79 Å². The number of ether oxygens (including phenoxy) is 2. The average Bonchev–Trinajstić information content (AvgIpc) is 2.52. The lowest BCUT2D eigenvalue weighted by Crippen LogP contribution is -2.13. The fourth-order valence-electron chi connectivity index (χ4n) is 2.30. The molecule has 4 nitrogen and oxygen atoms in total. The Morgan fingerprint density at radius 2 is 1.55 bits per heavy atom. The zero-order valence-corrected chi connectivity index (χ0v) is 13.6. The third-order valence-corrected chi connectivity index (χ3v) is 3.87. The number of rotatable bonds is 4. The van der Waals surface area contributed by atoms with Gasteiger partial charge in [0.05, 0.1) is 14.2 Å². The van der Waals surface area contributed by atoms with Gasteiger partial charge in [0.15, 0.2) is 0 Å². The molecule has 0 unspecified atom stereocenters. The first-order chi connectivity index (χ1) is 10.5. The molecule has 0 aliphatic rings. The molecule has 22 heavy (non-hydrogen) atoms. The number of amides is 1. The summed E-state index contributed by atoms with van der Waals surface area (Å²) in [6.07, 6.45) is 0. The maximum atomic E-state index is 12.5. The summed E-state index contributed by atoms with van der Waals surface area (Å²) in [6, 6.07) is 9.27. The van der Waals surface area contributed by atoms with Gasteiger partial charge in [-0.2, -0.15) is 0 Å². The van der Waals surface area contributed by atoms with Crippen molar-refractivity contribution in [3.05, 3.63) is 52.6 Å². The number of methoxy groups -OCH3 is 2. The normalized spacial score (nSPS) is 10.2. The van der Waals surface area contributed by atoms with Crippen LogP contribution in [0.3, 0.4) is 0 Å². The summed E-state index contributed by atoms with van der Waals surface area (Å²) in [5.41, 5.74) is 4.37. The number of benzene rings is 2. The van der Waals surface area contributed by atoms with E-state index in [1.807, 2.05) is 39.0 Å². The number of hydrogen-bond donors (Lipinski definition) is 1. The van der Waals surface area contributed by atoms with Crippen LogP contribution in [0.15, 0.2) is 30.3 Å². The minimum absolute atomic E-state index is 0.190. The first-order valence-electron chi connectivity index (χ1n) is 7.08. The molecule has 0 atom stereocenters. The van der Waals surface area contributed by atoms with Crippen molar-refractivity contribution in [2.24, 2.45) is 0 Å². The van der Waals surface area contributed by atoms with Gasteiger partial charge in [-0.15, -0.1) is 0 Å². The molecule has 0 saturated carbocycles. The van der Waals surface area contributed by atoms with E-state index in [0.717, 1.165) is 22.4 Å². The summed E-state index contributed by atoms with van der Waals surface area (Å²) < 4.78 is 10.6. The van der Waals surface area contributed by atoms with Crippen molar-refractivity contribution >= 4 is 11.6 Å². The van der Waals surface area contributed by atoms with Gasteiger partial charge in [0.2, 0.25) is 0 Å². The fourth-order valence-corrected chi connectivity index (χ4v) is 2.30. The van der Waals surface area contributed by atoms with E-state index >= 15 is 0 Å². The standard InChI is InChI=1S/C18H21NO3/c1-11-7-6-8-15(12(11)2)19-18(20)14-9-16(21-4)13(3)17(10-14)22-5/h6-10H,1-5H3,(H,19,20). The highest BCUT2D eigenvalue weighted by Crippen LogP contribution is 2.30. The summed E-state index contributed by atoms with van der Waals surface area (Å²) in [5.74, 6) is 1.07. The number of carbonyl (C=O) groups excluding carboxylic acids is 1. The lowest BCUT2D eigenvalue weighted by Gasteiger charge is -2.14. The summed E-state index contributed by atoms with van der Waals surface area (Å²) >= 11 is 0. The van der Waals surface area contributed by atoms with Crippen LogP contribution in [-0.2, 0) is 0 Å². The molecular weight excluding hydrogens is 278 g/mol. The summed E-state index contributed by atoms with van der Waals surface area (Å²) in [4.78, 5) is 12.5. The van der Waals surface area contributed by atoms with Crippen molar-refractivity contribution in [3.8, 4) is 11.5 Å². The van der Waals surface area contributed by atoms with E-state index in [9.17, 15) is 4.79 Å². The molecule has 2 aromatic rings. The SMILES string of the molecule is COc1cc(C(=O)Nc2cccc(C)c2C)cc(OC)c1C. The molecule has 1 N–H and O–H groups in total. The van der Waals surface area contributed by atoms with Crippen molar-refractivity contribution in [1.82, 2.24) is 0 Å². The number of anilines is 1. The van der Waals surface area contributed by atoms with Crippen LogP contribution in [0.5, 0.6) is 11.5 Å². The Morgan fingerprint density at radius 1 is 0.955 bits per heavy atom.